The number of benzene rings is 2. The van der Waals surface area contributed by atoms with Crippen molar-refractivity contribution in [3.05, 3.63) is 65.7 Å². The molecule has 0 saturated carbocycles. The first-order valence-corrected chi connectivity index (χ1v) is 7.97. The monoisotopic (exact) mass is 311 g/mol. The molecule has 0 aliphatic carbocycles. The van der Waals surface area contributed by atoms with Gasteiger partial charge in [-0.3, -0.25) is 0 Å². The maximum atomic E-state index is 11.1. The van der Waals surface area contributed by atoms with Gasteiger partial charge in [-0.1, -0.05) is 42.5 Å². The number of nitrogens with zero attached hydrogens (tertiary/aromatic N) is 1. The summed E-state index contributed by atoms with van der Waals surface area (Å²) in [6.07, 6.45) is 1.13. The molecule has 1 N–H and O–H groups in total. The van der Waals surface area contributed by atoms with Crippen LogP contribution in [-0.4, -0.2) is 29.2 Å². The quantitative estimate of drug-likeness (QED) is 0.924. The molecule has 1 saturated heterocycles. The number of hydrogen-bond acceptors (Lipinski definition) is 2. The van der Waals surface area contributed by atoms with Crippen LogP contribution in [0, 0.1) is 0 Å². The normalized spacial score (nSPS) is 17.7. The van der Waals surface area contributed by atoms with Crippen LogP contribution in [0.5, 0.6) is 5.75 Å². The fourth-order valence-electron chi connectivity index (χ4n) is 3.00. The lowest BCUT2D eigenvalue weighted by molar-refractivity contribution is 0.130. The Morgan fingerprint density at radius 3 is 2.57 bits per heavy atom. The summed E-state index contributed by atoms with van der Waals surface area (Å²) in [4.78, 5) is 12.6. The van der Waals surface area contributed by atoms with Crippen molar-refractivity contribution in [3.8, 4) is 5.75 Å². The first-order valence-electron chi connectivity index (χ1n) is 7.97. The summed E-state index contributed by atoms with van der Waals surface area (Å²) in [6, 6.07) is 18.1. The van der Waals surface area contributed by atoms with Crippen LogP contribution < -0.4 is 4.74 Å². The highest BCUT2D eigenvalue weighted by molar-refractivity contribution is 5.65. The number of rotatable bonds is 4. The number of amides is 1. The van der Waals surface area contributed by atoms with E-state index < -0.39 is 6.09 Å². The SMILES string of the molecule is O=C(O)N1CCCC(c2ccc(OCc3ccccc3)cc2)C1. The molecule has 120 valence electrons. The first-order chi connectivity index (χ1) is 11.2. The highest BCUT2D eigenvalue weighted by Gasteiger charge is 2.24. The molecule has 0 spiro atoms. The molecular weight excluding hydrogens is 290 g/mol. The van der Waals surface area contributed by atoms with E-state index in [1.165, 1.54) is 10.5 Å². The minimum Gasteiger partial charge on any atom is -0.489 e. The van der Waals surface area contributed by atoms with Gasteiger partial charge in [0.05, 0.1) is 0 Å². The van der Waals surface area contributed by atoms with E-state index in [1.54, 1.807) is 0 Å². The van der Waals surface area contributed by atoms with Crippen molar-refractivity contribution >= 4 is 6.09 Å². The second-order valence-corrected chi connectivity index (χ2v) is 5.91. The Bertz CT molecular complexity index is 639. The average Bonchev–Trinajstić information content (AvgIpc) is 2.61. The first kappa shape index (κ1) is 15.4. The van der Waals surface area contributed by atoms with Gasteiger partial charge in [0.25, 0.3) is 0 Å². The summed E-state index contributed by atoms with van der Waals surface area (Å²) in [6.45, 7) is 1.78. The van der Waals surface area contributed by atoms with Gasteiger partial charge in [0, 0.05) is 19.0 Å². The standard InChI is InChI=1S/C19H21NO3/c21-19(22)20-12-4-7-17(13-20)16-8-10-18(11-9-16)23-14-15-5-2-1-3-6-15/h1-3,5-6,8-11,17H,4,7,12-14H2,(H,21,22). The molecule has 1 aliphatic rings. The minimum atomic E-state index is -0.822. The highest BCUT2D eigenvalue weighted by atomic mass is 16.5. The predicted octanol–water partition coefficient (Wildman–Crippen LogP) is 4.12. The van der Waals surface area contributed by atoms with E-state index in [0.29, 0.717) is 19.7 Å². The molecule has 1 fully saturated rings. The van der Waals surface area contributed by atoms with Crippen LogP contribution >= 0.6 is 0 Å². The van der Waals surface area contributed by atoms with E-state index in [1.807, 2.05) is 42.5 Å². The molecule has 0 bridgehead atoms. The lowest BCUT2D eigenvalue weighted by Gasteiger charge is -2.31. The van der Waals surface area contributed by atoms with Crippen molar-refractivity contribution in [2.75, 3.05) is 13.1 Å². The number of ether oxygens (including phenoxy) is 1. The number of carbonyl (C=O) groups is 1. The molecule has 1 unspecified atom stereocenters. The highest BCUT2D eigenvalue weighted by Crippen LogP contribution is 2.28. The topological polar surface area (TPSA) is 49.8 Å². The molecule has 1 aliphatic heterocycles. The molecule has 0 aromatic heterocycles. The Kier molecular flexibility index (Phi) is 4.81. The lowest BCUT2D eigenvalue weighted by atomic mass is 9.91. The average molecular weight is 311 g/mol. The van der Waals surface area contributed by atoms with Crippen molar-refractivity contribution in [1.29, 1.82) is 0 Å². The summed E-state index contributed by atoms with van der Waals surface area (Å²) < 4.78 is 5.79. The summed E-state index contributed by atoms with van der Waals surface area (Å²) in [7, 11) is 0. The van der Waals surface area contributed by atoms with Gasteiger partial charge in [0.15, 0.2) is 0 Å². The third-order valence-corrected chi connectivity index (χ3v) is 4.29. The third-order valence-electron chi connectivity index (χ3n) is 4.29. The van der Waals surface area contributed by atoms with Gasteiger partial charge in [-0.15, -0.1) is 0 Å². The van der Waals surface area contributed by atoms with Gasteiger partial charge in [0.2, 0.25) is 0 Å². The van der Waals surface area contributed by atoms with Crippen LogP contribution in [0.4, 0.5) is 4.79 Å². The van der Waals surface area contributed by atoms with Gasteiger partial charge in [-0.05, 0) is 36.1 Å². The maximum absolute atomic E-state index is 11.1. The maximum Gasteiger partial charge on any atom is 0.407 e. The molecule has 2 aromatic carbocycles. The fraction of sp³-hybridized carbons (Fsp3) is 0.316. The fourth-order valence-corrected chi connectivity index (χ4v) is 3.00. The Morgan fingerprint density at radius 1 is 1.13 bits per heavy atom. The summed E-state index contributed by atoms with van der Waals surface area (Å²) in [5.74, 6) is 1.12. The zero-order valence-corrected chi connectivity index (χ0v) is 13.0. The van der Waals surface area contributed by atoms with Crippen molar-refractivity contribution < 1.29 is 14.6 Å². The summed E-state index contributed by atoms with van der Waals surface area (Å²) >= 11 is 0. The Morgan fingerprint density at radius 2 is 1.87 bits per heavy atom. The third kappa shape index (κ3) is 4.03. The molecule has 3 rings (SSSR count). The second kappa shape index (κ2) is 7.18. The zero-order valence-electron chi connectivity index (χ0n) is 13.0. The Hall–Kier alpha value is -2.49. The lowest BCUT2D eigenvalue weighted by Crippen LogP contribution is -2.38. The molecule has 23 heavy (non-hydrogen) atoms. The van der Waals surface area contributed by atoms with E-state index in [9.17, 15) is 4.79 Å². The van der Waals surface area contributed by atoms with Gasteiger partial charge >= 0.3 is 6.09 Å². The van der Waals surface area contributed by atoms with Crippen LogP contribution in [0.25, 0.3) is 0 Å². The predicted molar refractivity (Wildman–Crippen MR) is 88.8 cm³/mol. The van der Waals surface area contributed by atoms with Crippen molar-refractivity contribution in [3.63, 3.8) is 0 Å². The smallest absolute Gasteiger partial charge is 0.407 e. The van der Waals surface area contributed by atoms with Crippen LogP contribution in [0.1, 0.15) is 29.9 Å². The molecule has 1 heterocycles. The minimum absolute atomic E-state index is 0.281. The van der Waals surface area contributed by atoms with Gasteiger partial charge in [-0.2, -0.15) is 0 Å². The largest absolute Gasteiger partial charge is 0.489 e. The zero-order chi connectivity index (χ0) is 16.1. The van der Waals surface area contributed by atoms with Crippen molar-refractivity contribution in [1.82, 2.24) is 4.90 Å². The van der Waals surface area contributed by atoms with Gasteiger partial charge < -0.3 is 14.7 Å². The van der Waals surface area contributed by atoms with Crippen molar-refractivity contribution in [2.24, 2.45) is 0 Å². The van der Waals surface area contributed by atoms with Crippen molar-refractivity contribution in [2.45, 2.75) is 25.4 Å². The second-order valence-electron chi connectivity index (χ2n) is 5.91. The Labute approximate surface area is 136 Å². The molecule has 4 heteroatoms. The van der Waals surface area contributed by atoms with Crippen LogP contribution in [0.3, 0.4) is 0 Å². The number of piperidine rings is 1. The summed E-state index contributed by atoms with van der Waals surface area (Å²) in [5.41, 5.74) is 2.32. The van der Waals surface area contributed by atoms with E-state index in [0.717, 1.165) is 24.2 Å². The van der Waals surface area contributed by atoms with Crippen LogP contribution in [0.15, 0.2) is 54.6 Å². The molecule has 1 atom stereocenters. The molecule has 2 aromatic rings. The number of likely N-dealkylation sites (tertiary alicyclic amines) is 1. The van der Waals surface area contributed by atoms with Crippen LogP contribution in [0.2, 0.25) is 0 Å². The van der Waals surface area contributed by atoms with E-state index in [-0.39, 0.29) is 5.92 Å². The van der Waals surface area contributed by atoms with Gasteiger partial charge in [0.1, 0.15) is 12.4 Å². The molecule has 0 radical (unpaired) electrons. The molecule has 1 amide bonds. The Balaban J connectivity index is 1.59. The number of hydrogen-bond donors (Lipinski definition) is 1. The molecule has 4 nitrogen and oxygen atoms in total. The summed E-state index contributed by atoms with van der Waals surface area (Å²) in [5, 5.41) is 9.13. The number of carboxylic acid groups (broad SMARTS) is 1. The van der Waals surface area contributed by atoms with E-state index in [4.69, 9.17) is 9.84 Å². The van der Waals surface area contributed by atoms with Crippen LogP contribution in [-0.2, 0) is 6.61 Å². The van der Waals surface area contributed by atoms with E-state index in [2.05, 4.69) is 12.1 Å². The molecular formula is C19H21NO3. The van der Waals surface area contributed by atoms with E-state index >= 15 is 0 Å². The van der Waals surface area contributed by atoms with Gasteiger partial charge in [-0.25, -0.2) is 4.79 Å².